The fourth-order valence-corrected chi connectivity index (χ4v) is 2.26. The quantitative estimate of drug-likeness (QED) is 0.667. The Morgan fingerprint density at radius 2 is 1.67 bits per heavy atom. The molecular weight excluding hydrogens is 286 g/mol. The number of fused-ring (bicyclic) bond motifs is 1. The Labute approximate surface area is 116 Å². The summed E-state index contributed by atoms with van der Waals surface area (Å²) < 4.78 is 52.0. The number of rotatable bonds is 1. The summed E-state index contributed by atoms with van der Waals surface area (Å²) in [5.41, 5.74) is 5.91. The summed E-state index contributed by atoms with van der Waals surface area (Å²) in [7, 11) is 0. The van der Waals surface area contributed by atoms with Crippen molar-refractivity contribution >= 4 is 16.7 Å². The van der Waals surface area contributed by atoms with Crippen LogP contribution in [0.1, 0.15) is 5.56 Å². The van der Waals surface area contributed by atoms with Crippen molar-refractivity contribution in [3.63, 3.8) is 0 Å². The number of benzene rings is 2. The molecule has 0 bridgehead atoms. The third kappa shape index (κ3) is 2.20. The predicted octanol–water partition coefficient (Wildman–Crippen LogP) is 3.97. The monoisotopic (exact) mass is 295 g/mol. The van der Waals surface area contributed by atoms with Crippen molar-refractivity contribution in [2.45, 2.75) is 6.18 Å². The van der Waals surface area contributed by atoms with Gasteiger partial charge in [0.05, 0.1) is 16.5 Å². The molecule has 7 heteroatoms. The molecule has 3 nitrogen and oxygen atoms in total. The lowest BCUT2D eigenvalue weighted by molar-refractivity contribution is -0.136. The lowest BCUT2D eigenvalue weighted by Gasteiger charge is -2.11. The van der Waals surface area contributed by atoms with Crippen molar-refractivity contribution in [1.82, 2.24) is 10.2 Å². The van der Waals surface area contributed by atoms with Crippen LogP contribution in [0.3, 0.4) is 0 Å². The van der Waals surface area contributed by atoms with Crippen molar-refractivity contribution in [1.29, 1.82) is 0 Å². The van der Waals surface area contributed by atoms with E-state index in [0.717, 1.165) is 6.07 Å². The second kappa shape index (κ2) is 4.47. The molecule has 0 aliphatic rings. The topological polar surface area (TPSA) is 54.7 Å². The van der Waals surface area contributed by atoms with E-state index in [0.29, 0.717) is 11.1 Å². The summed E-state index contributed by atoms with van der Waals surface area (Å²) in [6.07, 6.45) is -4.53. The van der Waals surface area contributed by atoms with Gasteiger partial charge in [-0.3, -0.25) is 5.10 Å². The minimum absolute atomic E-state index is 0.175. The van der Waals surface area contributed by atoms with Crippen molar-refractivity contribution in [2.75, 3.05) is 5.73 Å². The first-order valence-electron chi connectivity index (χ1n) is 5.97. The number of aromatic amines is 1. The highest BCUT2D eigenvalue weighted by Crippen LogP contribution is 2.40. The van der Waals surface area contributed by atoms with Gasteiger partial charge in [0.1, 0.15) is 5.82 Å². The van der Waals surface area contributed by atoms with E-state index in [-0.39, 0.29) is 16.7 Å². The second-order valence-electron chi connectivity index (χ2n) is 4.52. The number of nitrogen functional groups attached to an aromatic ring is 1. The molecule has 108 valence electrons. The number of nitrogens with two attached hydrogens (primary N) is 1. The van der Waals surface area contributed by atoms with Crippen LogP contribution in [0.4, 0.5) is 23.4 Å². The van der Waals surface area contributed by atoms with E-state index in [4.69, 9.17) is 5.73 Å². The normalized spacial score (nSPS) is 12.0. The number of halogens is 4. The Morgan fingerprint density at radius 3 is 2.29 bits per heavy atom. The summed E-state index contributed by atoms with van der Waals surface area (Å²) in [5, 5.41) is 5.99. The van der Waals surface area contributed by atoms with Gasteiger partial charge in [0.2, 0.25) is 0 Å². The molecule has 0 unspecified atom stereocenters. The Hall–Kier alpha value is -2.57. The third-order valence-corrected chi connectivity index (χ3v) is 3.21. The standard InChI is InChI=1S/C14H9F4N3/c15-8-3-1-7(2-4-8)9-5-6-10(14(16,17)18)11-12(9)20-21-13(11)19/h1-6H,(H3,19,20,21). The molecule has 1 aromatic heterocycles. The summed E-state index contributed by atoms with van der Waals surface area (Å²) in [4.78, 5) is 0. The highest BCUT2D eigenvalue weighted by molar-refractivity contribution is 6.01. The van der Waals surface area contributed by atoms with Gasteiger partial charge in [-0.05, 0) is 23.8 Å². The summed E-state index contributed by atoms with van der Waals surface area (Å²) in [6.45, 7) is 0. The first-order chi connectivity index (χ1) is 9.88. The second-order valence-corrected chi connectivity index (χ2v) is 4.52. The van der Waals surface area contributed by atoms with Crippen LogP contribution in [-0.2, 0) is 6.18 Å². The van der Waals surface area contributed by atoms with Gasteiger partial charge in [-0.25, -0.2) is 4.39 Å². The Bertz CT molecular complexity index is 803. The lowest BCUT2D eigenvalue weighted by atomic mass is 9.99. The number of hydrogen-bond donors (Lipinski definition) is 2. The minimum Gasteiger partial charge on any atom is -0.382 e. The molecule has 2 aromatic carbocycles. The van der Waals surface area contributed by atoms with Crippen molar-refractivity contribution in [2.24, 2.45) is 0 Å². The highest BCUT2D eigenvalue weighted by atomic mass is 19.4. The molecule has 0 aliphatic carbocycles. The number of anilines is 1. The van der Waals surface area contributed by atoms with E-state index < -0.39 is 17.6 Å². The van der Waals surface area contributed by atoms with Crippen LogP contribution in [0.5, 0.6) is 0 Å². The van der Waals surface area contributed by atoms with Crippen LogP contribution < -0.4 is 5.73 Å². The van der Waals surface area contributed by atoms with E-state index in [2.05, 4.69) is 10.2 Å². The number of alkyl halides is 3. The zero-order valence-corrected chi connectivity index (χ0v) is 10.5. The number of nitrogens with zero attached hydrogens (tertiary/aromatic N) is 1. The number of nitrogens with one attached hydrogen (secondary N) is 1. The van der Waals surface area contributed by atoms with Gasteiger partial charge in [0.25, 0.3) is 0 Å². The first kappa shape index (κ1) is 13.4. The van der Waals surface area contributed by atoms with Crippen LogP contribution >= 0.6 is 0 Å². The van der Waals surface area contributed by atoms with Gasteiger partial charge in [0, 0.05) is 5.56 Å². The molecule has 3 N–H and O–H groups in total. The van der Waals surface area contributed by atoms with Crippen molar-refractivity contribution < 1.29 is 17.6 Å². The molecule has 0 saturated carbocycles. The minimum atomic E-state index is -4.53. The zero-order chi connectivity index (χ0) is 15.2. The van der Waals surface area contributed by atoms with Gasteiger partial charge >= 0.3 is 6.18 Å². The van der Waals surface area contributed by atoms with Crippen LogP contribution in [0.15, 0.2) is 36.4 Å². The van der Waals surface area contributed by atoms with Gasteiger partial charge in [0.15, 0.2) is 5.82 Å². The molecule has 0 atom stereocenters. The van der Waals surface area contributed by atoms with Gasteiger partial charge in [-0.1, -0.05) is 18.2 Å². The largest absolute Gasteiger partial charge is 0.417 e. The van der Waals surface area contributed by atoms with Gasteiger partial charge in [-0.15, -0.1) is 0 Å². The van der Waals surface area contributed by atoms with E-state index in [1.807, 2.05) is 0 Å². The van der Waals surface area contributed by atoms with E-state index in [1.54, 1.807) is 0 Å². The number of aromatic nitrogens is 2. The van der Waals surface area contributed by atoms with Crippen LogP contribution in [-0.4, -0.2) is 10.2 Å². The molecule has 1 heterocycles. The molecule has 21 heavy (non-hydrogen) atoms. The molecule has 0 radical (unpaired) electrons. The smallest absolute Gasteiger partial charge is 0.382 e. The molecule has 0 spiro atoms. The molecule has 0 amide bonds. The zero-order valence-electron chi connectivity index (χ0n) is 10.5. The van der Waals surface area contributed by atoms with Crippen LogP contribution in [0, 0.1) is 5.82 Å². The van der Waals surface area contributed by atoms with E-state index in [1.165, 1.54) is 30.3 Å². The average Bonchev–Trinajstić information content (AvgIpc) is 2.80. The lowest BCUT2D eigenvalue weighted by Crippen LogP contribution is -2.06. The fraction of sp³-hybridized carbons (Fsp3) is 0.0714. The molecular formula is C14H9F4N3. The average molecular weight is 295 g/mol. The van der Waals surface area contributed by atoms with Crippen molar-refractivity contribution in [3.05, 3.63) is 47.8 Å². The van der Waals surface area contributed by atoms with Gasteiger partial charge < -0.3 is 5.73 Å². The Kier molecular flexibility index (Phi) is 2.86. The molecule has 0 aliphatic heterocycles. The van der Waals surface area contributed by atoms with E-state index in [9.17, 15) is 17.6 Å². The SMILES string of the molecule is Nc1n[nH]c2c(-c3ccc(F)cc3)ccc(C(F)(F)F)c12. The molecule has 3 aromatic rings. The summed E-state index contributed by atoms with van der Waals surface area (Å²) in [5.74, 6) is -0.646. The predicted molar refractivity (Wildman–Crippen MR) is 70.9 cm³/mol. The third-order valence-electron chi connectivity index (χ3n) is 3.21. The molecule has 3 rings (SSSR count). The molecule has 0 fully saturated rings. The van der Waals surface area contributed by atoms with Crippen molar-refractivity contribution in [3.8, 4) is 11.1 Å². The maximum absolute atomic E-state index is 13.0. The van der Waals surface area contributed by atoms with Gasteiger partial charge in [-0.2, -0.15) is 18.3 Å². The maximum atomic E-state index is 13.0. The Morgan fingerprint density at radius 1 is 1.00 bits per heavy atom. The first-order valence-corrected chi connectivity index (χ1v) is 5.97. The summed E-state index contributed by atoms with van der Waals surface area (Å²) >= 11 is 0. The number of hydrogen-bond acceptors (Lipinski definition) is 2. The maximum Gasteiger partial charge on any atom is 0.417 e. The fourth-order valence-electron chi connectivity index (χ4n) is 2.26. The molecule has 0 saturated heterocycles. The van der Waals surface area contributed by atoms with Crippen LogP contribution in [0.25, 0.3) is 22.0 Å². The Balaban J connectivity index is 2.30. The highest BCUT2D eigenvalue weighted by Gasteiger charge is 2.34. The number of H-pyrrole nitrogens is 1. The summed E-state index contributed by atoms with van der Waals surface area (Å²) in [6, 6.07) is 7.70. The van der Waals surface area contributed by atoms with Crippen LogP contribution in [0.2, 0.25) is 0 Å². The van der Waals surface area contributed by atoms with E-state index >= 15 is 0 Å².